The van der Waals surface area contributed by atoms with Crippen LogP contribution in [0.2, 0.25) is 0 Å². The van der Waals surface area contributed by atoms with Crippen LogP contribution in [0.25, 0.3) is 0 Å². The van der Waals surface area contributed by atoms with Crippen LogP contribution in [-0.4, -0.2) is 40.1 Å². The van der Waals surface area contributed by atoms with Gasteiger partial charge in [-0.2, -0.15) is 0 Å². The highest BCUT2D eigenvalue weighted by Crippen LogP contribution is 2.25. The summed E-state index contributed by atoms with van der Waals surface area (Å²) in [5.74, 6) is -1.74. The number of piperidine rings is 1. The first-order chi connectivity index (χ1) is 9.49. The first-order valence-corrected chi connectivity index (χ1v) is 6.73. The molecule has 3 atom stereocenters. The number of hydrogen-bond donors (Lipinski definition) is 2. The molecule has 1 saturated heterocycles. The van der Waals surface area contributed by atoms with Gasteiger partial charge in [0.2, 0.25) is 0 Å². The van der Waals surface area contributed by atoms with E-state index in [-0.39, 0.29) is 12.5 Å². The van der Waals surface area contributed by atoms with Gasteiger partial charge in [-0.1, -0.05) is 37.3 Å². The van der Waals surface area contributed by atoms with Gasteiger partial charge in [0.1, 0.15) is 0 Å². The zero-order valence-electron chi connectivity index (χ0n) is 11.4. The Morgan fingerprint density at radius 3 is 2.50 bits per heavy atom. The molecule has 0 spiro atoms. The van der Waals surface area contributed by atoms with Crippen LogP contribution < -0.4 is 0 Å². The van der Waals surface area contributed by atoms with E-state index in [0.717, 1.165) is 0 Å². The molecule has 5 heteroatoms. The van der Waals surface area contributed by atoms with Crippen LogP contribution in [0.15, 0.2) is 30.3 Å². The van der Waals surface area contributed by atoms with Crippen molar-refractivity contribution in [2.75, 3.05) is 13.1 Å². The molecule has 1 amide bonds. The number of carbonyl (C=O) groups excluding carboxylic acids is 1. The Morgan fingerprint density at radius 2 is 1.90 bits per heavy atom. The molecule has 0 saturated carbocycles. The minimum absolute atomic E-state index is 0.122. The Hall–Kier alpha value is -1.88. The van der Waals surface area contributed by atoms with E-state index < -0.39 is 23.9 Å². The molecule has 0 aromatic heterocycles. The lowest BCUT2D eigenvalue weighted by molar-refractivity contribution is -0.150. The summed E-state index contributed by atoms with van der Waals surface area (Å²) in [6.45, 7) is 2.58. The van der Waals surface area contributed by atoms with Crippen LogP contribution in [-0.2, 0) is 9.59 Å². The lowest BCUT2D eigenvalue weighted by Crippen LogP contribution is -2.47. The van der Waals surface area contributed by atoms with Gasteiger partial charge in [-0.05, 0) is 17.9 Å². The predicted molar refractivity (Wildman–Crippen MR) is 72.9 cm³/mol. The summed E-state index contributed by atoms with van der Waals surface area (Å²) in [4.78, 5) is 24.9. The number of carboxylic acids is 1. The van der Waals surface area contributed by atoms with Crippen LogP contribution in [0.4, 0.5) is 0 Å². The molecule has 1 aromatic rings. The Labute approximate surface area is 117 Å². The molecule has 108 valence electrons. The molecule has 1 fully saturated rings. The van der Waals surface area contributed by atoms with Gasteiger partial charge in [-0.25, -0.2) is 0 Å². The average molecular weight is 277 g/mol. The molecule has 0 bridgehead atoms. The van der Waals surface area contributed by atoms with E-state index in [0.29, 0.717) is 18.5 Å². The maximum atomic E-state index is 12.3. The average Bonchev–Trinajstić information content (AvgIpc) is 2.46. The van der Waals surface area contributed by atoms with Gasteiger partial charge in [-0.15, -0.1) is 0 Å². The standard InChI is InChI=1S/C15H19NO4/c1-10-7-12(15(19)20)9-16(8-10)14(18)13(17)11-5-3-2-4-6-11/h2-6,10,12-13,17H,7-9H2,1H3,(H,19,20). The highest BCUT2D eigenvalue weighted by molar-refractivity contribution is 5.83. The van der Waals surface area contributed by atoms with E-state index >= 15 is 0 Å². The van der Waals surface area contributed by atoms with Gasteiger partial charge in [-0.3, -0.25) is 9.59 Å². The second-order valence-electron chi connectivity index (χ2n) is 5.43. The second kappa shape index (κ2) is 6.05. The molecule has 2 N–H and O–H groups in total. The maximum absolute atomic E-state index is 12.3. The van der Waals surface area contributed by atoms with Crippen molar-refractivity contribution in [2.24, 2.45) is 11.8 Å². The molecule has 20 heavy (non-hydrogen) atoms. The molecule has 1 aromatic carbocycles. The summed E-state index contributed by atoms with van der Waals surface area (Å²) in [5, 5.41) is 19.2. The normalized spacial score (nSPS) is 24.2. The fourth-order valence-electron chi connectivity index (χ4n) is 2.66. The number of likely N-dealkylation sites (tertiary alicyclic amines) is 1. The number of hydrogen-bond acceptors (Lipinski definition) is 3. The lowest BCUT2D eigenvalue weighted by Gasteiger charge is -2.35. The summed E-state index contributed by atoms with van der Waals surface area (Å²) in [7, 11) is 0. The molecule has 1 aliphatic heterocycles. The number of carboxylic acid groups (broad SMARTS) is 1. The number of amides is 1. The molecule has 3 unspecified atom stereocenters. The van der Waals surface area contributed by atoms with Gasteiger partial charge in [0, 0.05) is 13.1 Å². The predicted octanol–water partition coefficient (Wildman–Crippen LogP) is 1.29. The Morgan fingerprint density at radius 1 is 1.25 bits per heavy atom. The van der Waals surface area contributed by atoms with E-state index in [1.807, 2.05) is 13.0 Å². The van der Waals surface area contributed by atoms with Crippen LogP contribution in [0, 0.1) is 11.8 Å². The SMILES string of the molecule is CC1CC(C(=O)O)CN(C(=O)C(O)c2ccccc2)C1. The number of aliphatic carboxylic acids is 1. The van der Waals surface area contributed by atoms with Crippen molar-refractivity contribution in [2.45, 2.75) is 19.4 Å². The van der Waals surface area contributed by atoms with Crippen molar-refractivity contribution in [3.8, 4) is 0 Å². The number of nitrogens with zero attached hydrogens (tertiary/aromatic N) is 1. The lowest BCUT2D eigenvalue weighted by atomic mass is 9.90. The Balaban J connectivity index is 2.10. The zero-order valence-corrected chi connectivity index (χ0v) is 11.4. The molecule has 1 heterocycles. The van der Waals surface area contributed by atoms with Crippen molar-refractivity contribution in [3.63, 3.8) is 0 Å². The van der Waals surface area contributed by atoms with Crippen molar-refractivity contribution >= 4 is 11.9 Å². The van der Waals surface area contributed by atoms with Gasteiger partial charge in [0.05, 0.1) is 5.92 Å². The summed E-state index contributed by atoms with van der Waals surface area (Å²) in [6, 6.07) is 8.69. The maximum Gasteiger partial charge on any atom is 0.308 e. The zero-order chi connectivity index (χ0) is 14.7. The third kappa shape index (κ3) is 3.17. The molecule has 1 aliphatic rings. The molecule has 0 aliphatic carbocycles. The number of rotatable bonds is 3. The topological polar surface area (TPSA) is 77.8 Å². The summed E-state index contributed by atoms with van der Waals surface area (Å²) in [5.41, 5.74) is 0.530. The van der Waals surface area contributed by atoms with Gasteiger partial charge in [0.25, 0.3) is 5.91 Å². The van der Waals surface area contributed by atoms with E-state index in [4.69, 9.17) is 5.11 Å². The highest BCUT2D eigenvalue weighted by atomic mass is 16.4. The van der Waals surface area contributed by atoms with Gasteiger partial charge >= 0.3 is 5.97 Å². The first kappa shape index (κ1) is 14.5. The minimum atomic E-state index is -1.23. The van der Waals surface area contributed by atoms with Gasteiger partial charge in [0.15, 0.2) is 6.10 Å². The van der Waals surface area contributed by atoms with E-state index in [1.54, 1.807) is 24.3 Å². The summed E-state index contributed by atoms with van der Waals surface area (Å²) >= 11 is 0. The van der Waals surface area contributed by atoms with Crippen LogP contribution in [0.5, 0.6) is 0 Å². The summed E-state index contributed by atoms with van der Waals surface area (Å²) in [6.07, 6.45) is -0.656. The van der Waals surface area contributed by atoms with E-state index in [9.17, 15) is 14.7 Å². The molecule has 5 nitrogen and oxygen atoms in total. The van der Waals surface area contributed by atoms with Crippen molar-refractivity contribution < 1.29 is 19.8 Å². The molecular formula is C15H19NO4. The Kier molecular flexibility index (Phi) is 4.39. The number of aliphatic hydroxyl groups excluding tert-OH is 1. The third-order valence-corrected chi connectivity index (χ3v) is 3.67. The quantitative estimate of drug-likeness (QED) is 0.872. The number of benzene rings is 1. The van der Waals surface area contributed by atoms with Crippen LogP contribution >= 0.6 is 0 Å². The van der Waals surface area contributed by atoms with Crippen molar-refractivity contribution in [1.29, 1.82) is 0 Å². The molecule has 0 radical (unpaired) electrons. The fraction of sp³-hybridized carbons (Fsp3) is 0.467. The summed E-state index contributed by atoms with van der Waals surface area (Å²) < 4.78 is 0. The van der Waals surface area contributed by atoms with Gasteiger partial charge < -0.3 is 15.1 Å². The fourth-order valence-corrected chi connectivity index (χ4v) is 2.66. The molecule has 2 rings (SSSR count). The first-order valence-electron chi connectivity index (χ1n) is 6.73. The van der Waals surface area contributed by atoms with Crippen LogP contribution in [0.1, 0.15) is 25.0 Å². The van der Waals surface area contributed by atoms with Crippen molar-refractivity contribution in [1.82, 2.24) is 4.90 Å². The highest BCUT2D eigenvalue weighted by Gasteiger charge is 2.34. The monoisotopic (exact) mass is 277 g/mol. The number of carbonyl (C=O) groups is 2. The smallest absolute Gasteiger partial charge is 0.308 e. The van der Waals surface area contributed by atoms with E-state index in [1.165, 1.54) is 4.90 Å². The second-order valence-corrected chi connectivity index (χ2v) is 5.43. The minimum Gasteiger partial charge on any atom is -0.481 e. The van der Waals surface area contributed by atoms with E-state index in [2.05, 4.69) is 0 Å². The molecular weight excluding hydrogens is 258 g/mol. The van der Waals surface area contributed by atoms with Crippen molar-refractivity contribution in [3.05, 3.63) is 35.9 Å². The Bertz CT molecular complexity index is 488. The third-order valence-electron chi connectivity index (χ3n) is 3.67. The largest absolute Gasteiger partial charge is 0.481 e. The number of aliphatic hydroxyl groups is 1. The van der Waals surface area contributed by atoms with Crippen LogP contribution in [0.3, 0.4) is 0 Å².